The van der Waals surface area contributed by atoms with Crippen LogP contribution in [0.25, 0.3) is 10.4 Å². The van der Waals surface area contributed by atoms with E-state index in [0.717, 1.165) is 42.9 Å². The molecule has 0 aromatic carbocycles. The van der Waals surface area contributed by atoms with Crippen molar-refractivity contribution in [3.63, 3.8) is 0 Å². The van der Waals surface area contributed by atoms with Crippen molar-refractivity contribution in [2.45, 2.75) is 64.2 Å². The van der Waals surface area contributed by atoms with Gasteiger partial charge in [0.2, 0.25) is 0 Å². The molecule has 30 heavy (non-hydrogen) atoms. The lowest BCUT2D eigenvalue weighted by molar-refractivity contribution is -0.142. The molecule has 0 aliphatic heterocycles. The number of carbonyl (C=O) groups excluding carboxylic acids is 1. The number of carbonyl (C=O) groups is 1. The Morgan fingerprint density at radius 2 is 2.03 bits per heavy atom. The van der Waals surface area contributed by atoms with Crippen LogP contribution in [-0.2, 0) is 0 Å². The van der Waals surface area contributed by atoms with Gasteiger partial charge in [-0.3, -0.25) is 4.79 Å². The van der Waals surface area contributed by atoms with Crippen molar-refractivity contribution < 1.29 is 26.7 Å². The lowest BCUT2D eigenvalue weighted by atomic mass is 9.93. The molecule has 2 heterocycles. The first-order valence-corrected chi connectivity index (χ1v) is 10.3. The first-order valence-electron chi connectivity index (χ1n) is 9.50. The lowest BCUT2D eigenvalue weighted by Crippen LogP contribution is -2.39. The quantitative estimate of drug-likeness (QED) is 0.550. The topological polar surface area (TPSA) is 66.9 Å². The molecule has 11 heteroatoms. The van der Waals surface area contributed by atoms with Gasteiger partial charge >= 0.3 is 6.18 Å². The highest BCUT2D eigenvalue weighted by Gasteiger charge is 2.38. The Labute approximate surface area is 174 Å². The largest absolute Gasteiger partial charge is 0.408 e. The number of thiazole rings is 1. The summed E-state index contributed by atoms with van der Waals surface area (Å²) >= 11 is 0.960. The number of nitrogens with zero attached hydrogens (tertiary/aromatic N) is 2. The average Bonchev–Trinajstić information content (AvgIpc) is 3.03. The molecule has 0 bridgehead atoms. The van der Waals surface area contributed by atoms with E-state index in [-0.39, 0.29) is 34.8 Å². The monoisotopic (exact) mass is 448 g/mol. The SMILES string of the molecule is CCC(Nc1cc(C(F)F)c(-c2sc(C(=O)NC3CCC3)nc2C)cn1)C(F)(F)F. The third kappa shape index (κ3) is 4.88. The van der Waals surface area contributed by atoms with E-state index in [1.54, 1.807) is 6.92 Å². The number of rotatable bonds is 7. The van der Waals surface area contributed by atoms with Gasteiger partial charge in [0.25, 0.3) is 12.3 Å². The Balaban J connectivity index is 1.89. The van der Waals surface area contributed by atoms with Crippen molar-refractivity contribution >= 4 is 23.1 Å². The summed E-state index contributed by atoms with van der Waals surface area (Å²) in [6.07, 6.45) is -3.81. The van der Waals surface area contributed by atoms with E-state index in [1.807, 2.05) is 0 Å². The molecule has 2 N–H and O–H groups in total. The van der Waals surface area contributed by atoms with Gasteiger partial charge in [0, 0.05) is 23.4 Å². The van der Waals surface area contributed by atoms with Crippen LogP contribution in [0.2, 0.25) is 0 Å². The first kappa shape index (κ1) is 22.4. The molecular formula is C19H21F5N4OS. The standard InChI is InChI=1S/C19H21F5N4OS/c1-3-13(19(22,23)24)28-14-7-11(16(20)21)12(8-25-14)15-9(2)26-18(30-15)17(29)27-10-5-4-6-10/h7-8,10,13,16H,3-6H2,1-2H3,(H,25,28)(H,27,29). The molecule has 5 nitrogen and oxygen atoms in total. The molecule has 1 atom stereocenters. The lowest BCUT2D eigenvalue weighted by Gasteiger charge is -2.25. The molecule has 1 saturated carbocycles. The van der Waals surface area contributed by atoms with Gasteiger partial charge in [0.15, 0.2) is 5.01 Å². The number of aromatic nitrogens is 2. The number of pyridine rings is 1. The number of halogens is 5. The molecule has 2 aromatic heterocycles. The van der Waals surface area contributed by atoms with E-state index < -0.39 is 24.2 Å². The maximum atomic E-state index is 13.7. The van der Waals surface area contributed by atoms with Gasteiger partial charge in [0.05, 0.1) is 10.6 Å². The number of amides is 1. The van der Waals surface area contributed by atoms with Gasteiger partial charge in [-0.2, -0.15) is 13.2 Å². The second-order valence-corrected chi connectivity index (χ2v) is 8.14. The van der Waals surface area contributed by atoms with Crippen LogP contribution in [0.4, 0.5) is 27.8 Å². The Morgan fingerprint density at radius 3 is 2.57 bits per heavy atom. The van der Waals surface area contributed by atoms with E-state index in [2.05, 4.69) is 20.6 Å². The average molecular weight is 448 g/mol. The number of hydrogen-bond acceptors (Lipinski definition) is 5. The molecule has 164 valence electrons. The third-order valence-electron chi connectivity index (χ3n) is 4.97. The van der Waals surface area contributed by atoms with Crippen LogP contribution in [0.5, 0.6) is 0 Å². The molecule has 0 radical (unpaired) electrons. The Hall–Kier alpha value is -2.30. The van der Waals surface area contributed by atoms with Crippen LogP contribution < -0.4 is 10.6 Å². The van der Waals surface area contributed by atoms with Crippen molar-refractivity contribution in [2.75, 3.05) is 5.32 Å². The highest BCUT2D eigenvalue weighted by molar-refractivity contribution is 7.17. The number of anilines is 1. The van der Waals surface area contributed by atoms with Crippen molar-refractivity contribution in [1.29, 1.82) is 0 Å². The minimum atomic E-state index is -4.53. The van der Waals surface area contributed by atoms with Crippen molar-refractivity contribution in [2.24, 2.45) is 0 Å². The summed E-state index contributed by atoms with van der Waals surface area (Å²) in [5.74, 6) is -0.650. The molecule has 0 saturated heterocycles. The third-order valence-corrected chi connectivity index (χ3v) is 6.16. The molecule has 1 fully saturated rings. The van der Waals surface area contributed by atoms with Crippen LogP contribution in [0, 0.1) is 6.92 Å². The van der Waals surface area contributed by atoms with E-state index in [9.17, 15) is 26.7 Å². The fourth-order valence-corrected chi connectivity index (χ4v) is 4.06. The molecule has 2 aromatic rings. The Morgan fingerprint density at radius 1 is 1.33 bits per heavy atom. The van der Waals surface area contributed by atoms with E-state index in [4.69, 9.17) is 0 Å². The summed E-state index contributed by atoms with van der Waals surface area (Å²) in [6, 6.07) is -0.871. The van der Waals surface area contributed by atoms with E-state index >= 15 is 0 Å². The minimum Gasteiger partial charge on any atom is -0.359 e. The van der Waals surface area contributed by atoms with E-state index in [1.165, 1.54) is 6.92 Å². The van der Waals surface area contributed by atoms with Gasteiger partial charge in [-0.1, -0.05) is 6.92 Å². The normalized spacial score (nSPS) is 15.7. The molecule has 1 aliphatic rings. The summed E-state index contributed by atoms with van der Waals surface area (Å²) in [5.41, 5.74) is -0.0413. The number of hydrogen-bond donors (Lipinski definition) is 2. The number of nitrogens with one attached hydrogen (secondary N) is 2. The molecular weight excluding hydrogens is 427 g/mol. The minimum absolute atomic E-state index is 0.0494. The fraction of sp³-hybridized carbons (Fsp3) is 0.526. The maximum Gasteiger partial charge on any atom is 0.408 e. The smallest absolute Gasteiger partial charge is 0.359 e. The zero-order valence-corrected chi connectivity index (χ0v) is 17.1. The van der Waals surface area contributed by atoms with Crippen molar-refractivity contribution in [3.8, 4) is 10.4 Å². The summed E-state index contributed by atoms with van der Waals surface area (Å²) in [4.78, 5) is 20.7. The van der Waals surface area contributed by atoms with Crippen molar-refractivity contribution in [1.82, 2.24) is 15.3 Å². The second kappa shape index (κ2) is 8.83. The summed E-state index contributed by atoms with van der Waals surface area (Å²) in [5, 5.41) is 5.16. The first-order chi connectivity index (χ1) is 14.1. The van der Waals surface area contributed by atoms with Gasteiger partial charge in [-0.15, -0.1) is 11.3 Å². The summed E-state index contributed by atoms with van der Waals surface area (Å²) in [6.45, 7) is 2.93. The highest BCUT2D eigenvalue weighted by atomic mass is 32.1. The van der Waals surface area contributed by atoms with Gasteiger partial charge in [0.1, 0.15) is 11.9 Å². The summed E-state index contributed by atoms with van der Waals surface area (Å²) in [7, 11) is 0. The van der Waals surface area contributed by atoms with Gasteiger partial charge in [-0.25, -0.2) is 18.7 Å². The van der Waals surface area contributed by atoms with Crippen LogP contribution in [-0.4, -0.2) is 34.1 Å². The summed E-state index contributed by atoms with van der Waals surface area (Å²) < 4.78 is 66.3. The molecule has 1 unspecified atom stereocenters. The Kier molecular flexibility index (Phi) is 6.59. The Bertz CT molecular complexity index is 911. The van der Waals surface area contributed by atoms with Crippen LogP contribution in [0.3, 0.4) is 0 Å². The predicted octanol–water partition coefficient (Wildman–Crippen LogP) is 5.49. The molecule has 3 rings (SSSR count). The van der Waals surface area contributed by atoms with Gasteiger partial charge < -0.3 is 10.6 Å². The highest BCUT2D eigenvalue weighted by Crippen LogP contribution is 2.38. The van der Waals surface area contributed by atoms with Crippen molar-refractivity contribution in [3.05, 3.63) is 28.5 Å². The maximum absolute atomic E-state index is 13.7. The fourth-order valence-electron chi connectivity index (χ4n) is 3.06. The van der Waals surface area contributed by atoms with Crippen LogP contribution in [0.15, 0.2) is 12.3 Å². The predicted molar refractivity (Wildman–Crippen MR) is 104 cm³/mol. The molecule has 1 aliphatic carbocycles. The zero-order chi connectivity index (χ0) is 22.1. The van der Waals surface area contributed by atoms with Crippen LogP contribution in [0.1, 0.15) is 60.1 Å². The van der Waals surface area contributed by atoms with E-state index in [0.29, 0.717) is 10.6 Å². The number of alkyl halides is 5. The zero-order valence-electron chi connectivity index (χ0n) is 16.3. The number of aryl methyl sites for hydroxylation is 1. The second-order valence-electron chi connectivity index (χ2n) is 7.14. The van der Waals surface area contributed by atoms with Gasteiger partial charge in [-0.05, 0) is 38.7 Å². The molecule has 1 amide bonds. The molecule has 0 spiro atoms. The van der Waals surface area contributed by atoms with Crippen LogP contribution >= 0.6 is 11.3 Å².